The lowest BCUT2D eigenvalue weighted by Crippen LogP contribution is -2.09. The molecule has 2 N–H and O–H groups in total. The van der Waals surface area contributed by atoms with Crippen LogP contribution in [0.2, 0.25) is 0 Å². The van der Waals surface area contributed by atoms with E-state index >= 15 is 0 Å². The number of nitrogens with two attached hydrogens (primary N) is 1. The van der Waals surface area contributed by atoms with E-state index in [2.05, 4.69) is 15.9 Å². The van der Waals surface area contributed by atoms with E-state index in [0.717, 1.165) is 16.1 Å². The molecule has 7 heteroatoms. The number of nitrogen functional groups attached to an aromatic ring is 1. The van der Waals surface area contributed by atoms with Crippen molar-refractivity contribution in [3.63, 3.8) is 0 Å². The summed E-state index contributed by atoms with van der Waals surface area (Å²) in [5, 5.41) is 10.6. The van der Waals surface area contributed by atoms with E-state index in [1.807, 2.05) is 24.3 Å². The van der Waals surface area contributed by atoms with Crippen LogP contribution in [0.3, 0.4) is 0 Å². The molecule has 0 aliphatic heterocycles. The molecule has 2 aromatic rings. The first kappa shape index (κ1) is 15.0. The van der Waals surface area contributed by atoms with Crippen molar-refractivity contribution >= 4 is 33.3 Å². The monoisotopic (exact) mass is 350 g/mol. The van der Waals surface area contributed by atoms with Crippen molar-refractivity contribution in [2.24, 2.45) is 0 Å². The molecule has 2 rings (SSSR count). The normalized spacial score (nSPS) is 10.1. The Balaban J connectivity index is 2.11. The molecule has 108 valence electrons. The summed E-state index contributed by atoms with van der Waals surface area (Å²) in [6.45, 7) is 0.0800. The van der Waals surface area contributed by atoms with Crippen molar-refractivity contribution in [1.29, 1.82) is 0 Å². The Hall–Kier alpha value is -2.41. The molecule has 0 heterocycles. The molecule has 0 atom stereocenters. The quantitative estimate of drug-likeness (QED) is 0.395. The second-order valence-electron chi connectivity index (χ2n) is 4.20. The molecule has 0 aliphatic rings. The number of rotatable bonds is 4. The van der Waals surface area contributed by atoms with E-state index in [9.17, 15) is 14.9 Å². The van der Waals surface area contributed by atoms with Crippen LogP contribution in [0, 0.1) is 10.1 Å². The fraction of sp³-hybridized carbons (Fsp3) is 0.0714. The fourth-order valence-corrected chi connectivity index (χ4v) is 2.09. The van der Waals surface area contributed by atoms with Crippen molar-refractivity contribution < 1.29 is 14.5 Å². The molecule has 2 aromatic carbocycles. The van der Waals surface area contributed by atoms with Crippen molar-refractivity contribution in [3.8, 4) is 0 Å². The number of nitro benzene ring substituents is 1. The molecule has 0 saturated heterocycles. The molecule has 0 spiro atoms. The average molecular weight is 351 g/mol. The van der Waals surface area contributed by atoms with E-state index in [4.69, 9.17) is 10.5 Å². The third-order valence-electron chi connectivity index (χ3n) is 2.78. The van der Waals surface area contributed by atoms with E-state index in [-0.39, 0.29) is 23.5 Å². The molecular weight excluding hydrogens is 340 g/mol. The van der Waals surface area contributed by atoms with Gasteiger partial charge in [-0.15, -0.1) is 0 Å². The number of anilines is 1. The van der Waals surface area contributed by atoms with Gasteiger partial charge in [0.25, 0.3) is 5.69 Å². The van der Waals surface area contributed by atoms with Gasteiger partial charge < -0.3 is 10.5 Å². The number of esters is 1. The van der Waals surface area contributed by atoms with Crippen LogP contribution in [0.25, 0.3) is 0 Å². The maximum Gasteiger partial charge on any atom is 0.340 e. The summed E-state index contributed by atoms with van der Waals surface area (Å²) in [5.74, 6) is -0.627. The Kier molecular flexibility index (Phi) is 4.54. The molecule has 0 amide bonds. The molecule has 0 unspecified atom stereocenters. The number of nitro groups is 1. The van der Waals surface area contributed by atoms with Crippen LogP contribution in [0.5, 0.6) is 0 Å². The van der Waals surface area contributed by atoms with Crippen LogP contribution in [0.4, 0.5) is 11.4 Å². The van der Waals surface area contributed by atoms with Gasteiger partial charge in [-0.3, -0.25) is 10.1 Å². The smallest absolute Gasteiger partial charge is 0.340 e. The summed E-state index contributed by atoms with van der Waals surface area (Å²) < 4.78 is 5.99. The van der Waals surface area contributed by atoms with Gasteiger partial charge in [0.1, 0.15) is 6.61 Å². The number of hydrogen-bond acceptors (Lipinski definition) is 5. The van der Waals surface area contributed by atoms with E-state index < -0.39 is 10.9 Å². The van der Waals surface area contributed by atoms with Gasteiger partial charge in [-0.2, -0.15) is 0 Å². The minimum atomic E-state index is -0.627. The zero-order valence-electron chi connectivity index (χ0n) is 10.8. The summed E-state index contributed by atoms with van der Waals surface area (Å²) >= 11 is 3.35. The minimum Gasteiger partial charge on any atom is -0.457 e. The third-order valence-corrected chi connectivity index (χ3v) is 3.56. The lowest BCUT2D eigenvalue weighted by atomic mass is 10.1. The third kappa shape index (κ3) is 3.57. The van der Waals surface area contributed by atoms with Crippen LogP contribution < -0.4 is 5.73 Å². The highest BCUT2D eigenvalue weighted by molar-refractivity contribution is 9.10. The largest absolute Gasteiger partial charge is 0.457 e. The molecular formula is C14H11BrN2O4. The van der Waals surface area contributed by atoms with E-state index in [0.29, 0.717) is 0 Å². The molecule has 0 bridgehead atoms. The summed E-state index contributed by atoms with van der Waals surface area (Å²) in [7, 11) is 0. The first-order valence-corrected chi connectivity index (χ1v) is 6.73. The predicted octanol–water partition coefficient (Wildman–Crippen LogP) is 3.30. The van der Waals surface area contributed by atoms with Gasteiger partial charge in [-0.05, 0) is 12.1 Å². The van der Waals surface area contributed by atoms with Crippen LogP contribution in [0.1, 0.15) is 15.9 Å². The number of nitrogens with zero attached hydrogens (tertiary/aromatic N) is 1. The van der Waals surface area contributed by atoms with Gasteiger partial charge in [0.15, 0.2) is 0 Å². The SMILES string of the molecule is Nc1cc([N+](=O)[O-])ccc1C(=O)OCc1ccccc1Br. The molecule has 0 aliphatic carbocycles. The highest BCUT2D eigenvalue weighted by Crippen LogP contribution is 2.22. The van der Waals surface area contributed by atoms with Crippen molar-refractivity contribution in [3.05, 3.63) is 68.2 Å². The Morgan fingerprint density at radius 3 is 2.62 bits per heavy atom. The number of carbonyl (C=O) groups is 1. The highest BCUT2D eigenvalue weighted by Gasteiger charge is 2.15. The number of carbonyl (C=O) groups excluding carboxylic acids is 1. The van der Waals surface area contributed by atoms with Crippen molar-refractivity contribution in [2.45, 2.75) is 6.61 Å². The summed E-state index contributed by atoms with van der Waals surface area (Å²) in [6.07, 6.45) is 0. The summed E-state index contributed by atoms with van der Waals surface area (Å²) in [5.41, 5.74) is 6.40. The Bertz CT molecular complexity index is 703. The number of halogens is 1. The second-order valence-corrected chi connectivity index (χ2v) is 5.05. The van der Waals surface area contributed by atoms with Crippen LogP contribution >= 0.6 is 15.9 Å². The first-order valence-electron chi connectivity index (χ1n) is 5.93. The Morgan fingerprint density at radius 1 is 1.29 bits per heavy atom. The van der Waals surface area contributed by atoms with Crippen LogP contribution in [-0.2, 0) is 11.3 Å². The van der Waals surface area contributed by atoms with Crippen LogP contribution in [0.15, 0.2) is 46.9 Å². The van der Waals surface area contributed by atoms with Crippen molar-refractivity contribution in [1.82, 2.24) is 0 Å². The first-order chi connectivity index (χ1) is 9.99. The Morgan fingerprint density at radius 2 is 2.00 bits per heavy atom. The second kappa shape index (κ2) is 6.36. The maximum absolute atomic E-state index is 11.9. The summed E-state index contributed by atoms with van der Waals surface area (Å²) in [4.78, 5) is 22.0. The van der Waals surface area contributed by atoms with E-state index in [1.54, 1.807) is 0 Å². The van der Waals surface area contributed by atoms with Crippen LogP contribution in [-0.4, -0.2) is 10.9 Å². The van der Waals surface area contributed by atoms with Gasteiger partial charge in [-0.1, -0.05) is 34.1 Å². The summed E-state index contributed by atoms with van der Waals surface area (Å²) in [6, 6.07) is 11.0. The number of benzene rings is 2. The van der Waals surface area contributed by atoms with Gasteiger partial charge in [0, 0.05) is 22.2 Å². The number of non-ortho nitro benzene ring substituents is 1. The molecule has 0 aromatic heterocycles. The van der Waals surface area contributed by atoms with Gasteiger partial charge in [0.05, 0.1) is 16.2 Å². The minimum absolute atomic E-state index is 0.0151. The molecule has 0 saturated carbocycles. The van der Waals surface area contributed by atoms with E-state index in [1.165, 1.54) is 12.1 Å². The van der Waals surface area contributed by atoms with Gasteiger partial charge >= 0.3 is 5.97 Å². The van der Waals surface area contributed by atoms with Crippen molar-refractivity contribution in [2.75, 3.05) is 5.73 Å². The molecule has 0 radical (unpaired) electrons. The standard InChI is InChI=1S/C14H11BrN2O4/c15-12-4-2-1-3-9(12)8-21-14(18)11-6-5-10(17(19)20)7-13(11)16/h1-7H,8,16H2. The topological polar surface area (TPSA) is 95.5 Å². The fourth-order valence-electron chi connectivity index (χ4n) is 1.69. The lowest BCUT2D eigenvalue weighted by Gasteiger charge is -2.08. The van der Waals surface area contributed by atoms with Gasteiger partial charge in [-0.25, -0.2) is 4.79 Å². The zero-order chi connectivity index (χ0) is 15.4. The Labute approximate surface area is 128 Å². The van der Waals surface area contributed by atoms with Gasteiger partial charge in [0.2, 0.25) is 0 Å². The zero-order valence-corrected chi connectivity index (χ0v) is 12.4. The lowest BCUT2D eigenvalue weighted by molar-refractivity contribution is -0.384. The molecule has 21 heavy (non-hydrogen) atoms. The highest BCUT2D eigenvalue weighted by atomic mass is 79.9. The number of hydrogen-bond donors (Lipinski definition) is 1. The molecule has 0 fully saturated rings. The predicted molar refractivity (Wildman–Crippen MR) is 80.8 cm³/mol. The molecule has 6 nitrogen and oxygen atoms in total. The maximum atomic E-state index is 11.9. The number of ether oxygens (including phenoxy) is 1. The average Bonchev–Trinajstić information content (AvgIpc) is 2.46.